The van der Waals surface area contributed by atoms with Crippen molar-refractivity contribution < 1.29 is 14.3 Å². The van der Waals surface area contributed by atoms with Crippen LogP contribution >= 0.6 is 0 Å². The number of ether oxygens (including phenoxy) is 1. The second-order valence-electron chi connectivity index (χ2n) is 8.47. The van der Waals surface area contributed by atoms with Gasteiger partial charge in [0.05, 0.1) is 18.8 Å². The van der Waals surface area contributed by atoms with Crippen LogP contribution in [0, 0.1) is 0 Å². The molecular formula is C27H38N2O3. The molecule has 1 aliphatic rings. The number of ketones is 2. The molecular weight excluding hydrogens is 400 g/mol. The maximum atomic E-state index is 13.6. The van der Waals surface area contributed by atoms with Crippen LogP contribution in [0.15, 0.2) is 54.6 Å². The Bertz CT molecular complexity index is 843. The minimum absolute atomic E-state index is 0.187. The van der Waals surface area contributed by atoms with Gasteiger partial charge in [-0.05, 0) is 63.7 Å². The zero-order valence-electron chi connectivity index (χ0n) is 20.3. The summed E-state index contributed by atoms with van der Waals surface area (Å²) in [5.74, 6) is 0.442. The lowest BCUT2D eigenvalue weighted by molar-refractivity contribution is -0.116. The highest BCUT2D eigenvalue weighted by atomic mass is 16.5. The van der Waals surface area contributed by atoms with Crippen molar-refractivity contribution in [3.8, 4) is 0 Å². The van der Waals surface area contributed by atoms with E-state index >= 15 is 0 Å². The minimum Gasteiger partial charge on any atom is -0.378 e. The molecule has 5 nitrogen and oxygen atoms in total. The molecule has 32 heavy (non-hydrogen) atoms. The third kappa shape index (κ3) is 6.75. The Morgan fingerprint density at radius 3 is 2.00 bits per heavy atom. The number of hydrogen-bond acceptors (Lipinski definition) is 5. The number of carbonyl (C=O) groups is 2. The monoisotopic (exact) mass is 438 g/mol. The summed E-state index contributed by atoms with van der Waals surface area (Å²) in [6.07, 6.45) is 2.14. The van der Waals surface area contributed by atoms with Crippen LogP contribution in [0.2, 0.25) is 0 Å². The molecule has 5 heteroatoms. The minimum atomic E-state index is -0.540. The number of nitrogens with zero attached hydrogens (tertiary/aromatic N) is 2. The molecule has 3 rings (SSSR count). The molecule has 0 bridgehead atoms. The number of anilines is 1. The predicted molar refractivity (Wildman–Crippen MR) is 132 cm³/mol. The van der Waals surface area contributed by atoms with Gasteiger partial charge in [0.25, 0.3) is 0 Å². The van der Waals surface area contributed by atoms with E-state index in [1.54, 1.807) is 6.92 Å². The van der Waals surface area contributed by atoms with Gasteiger partial charge in [-0.25, -0.2) is 0 Å². The highest BCUT2D eigenvalue weighted by Crippen LogP contribution is 2.28. The van der Waals surface area contributed by atoms with Gasteiger partial charge < -0.3 is 14.4 Å². The molecule has 1 unspecified atom stereocenters. The molecule has 1 fully saturated rings. The smallest absolute Gasteiger partial charge is 0.183 e. The summed E-state index contributed by atoms with van der Waals surface area (Å²) in [6.45, 7) is 8.86. The summed E-state index contributed by atoms with van der Waals surface area (Å²) in [7, 11) is 4.01. The predicted octanol–water partition coefficient (Wildman–Crippen LogP) is 4.64. The van der Waals surface area contributed by atoms with Crippen molar-refractivity contribution in [1.82, 2.24) is 4.90 Å². The lowest BCUT2D eigenvalue weighted by Crippen LogP contribution is -2.52. The second-order valence-corrected chi connectivity index (χ2v) is 8.47. The number of morpholine rings is 1. The van der Waals surface area contributed by atoms with E-state index in [4.69, 9.17) is 4.74 Å². The molecule has 0 saturated carbocycles. The van der Waals surface area contributed by atoms with E-state index < -0.39 is 5.54 Å². The van der Waals surface area contributed by atoms with E-state index in [0.29, 0.717) is 12.8 Å². The molecule has 0 aromatic heterocycles. The number of carbonyl (C=O) groups excluding carboxylic acids is 2. The first-order chi connectivity index (χ1) is 15.3. The molecule has 0 spiro atoms. The molecule has 2 aromatic carbocycles. The van der Waals surface area contributed by atoms with Crippen molar-refractivity contribution in [2.24, 2.45) is 0 Å². The van der Waals surface area contributed by atoms with Crippen molar-refractivity contribution in [3.05, 3.63) is 65.7 Å². The first kappa shape index (κ1) is 25.8. The number of rotatable bonds is 8. The fourth-order valence-electron chi connectivity index (χ4n) is 3.89. The SMILES string of the molecule is CCC(C)=O.CCC(Cc1ccccc1)(C(=O)c1ccc(N2CCOCC2)cc1)N(C)C. The number of likely N-dealkylation sites (N-methyl/N-ethyl adjacent to an activating group) is 1. The number of Topliss-reactive ketones (excluding diaryl/α,β-unsaturated/α-hetero) is 2. The van der Waals surface area contributed by atoms with Gasteiger partial charge in [-0.1, -0.05) is 44.2 Å². The molecule has 1 heterocycles. The Morgan fingerprint density at radius 1 is 0.969 bits per heavy atom. The fourth-order valence-corrected chi connectivity index (χ4v) is 3.89. The van der Waals surface area contributed by atoms with Gasteiger partial charge in [0.2, 0.25) is 0 Å². The average Bonchev–Trinajstić information content (AvgIpc) is 2.83. The van der Waals surface area contributed by atoms with Crippen LogP contribution in [0.3, 0.4) is 0 Å². The maximum Gasteiger partial charge on any atom is 0.183 e. The van der Waals surface area contributed by atoms with Crippen molar-refractivity contribution in [2.75, 3.05) is 45.3 Å². The topological polar surface area (TPSA) is 49.9 Å². The largest absolute Gasteiger partial charge is 0.378 e. The van der Waals surface area contributed by atoms with E-state index in [1.807, 2.05) is 51.4 Å². The summed E-state index contributed by atoms with van der Waals surface area (Å²) in [5.41, 5.74) is 2.58. The van der Waals surface area contributed by atoms with Crippen LogP contribution in [-0.4, -0.2) is 62.4 Å². The first-order valence-electron chi connectivity index (χ1n) is 11.5. The normalized spacial score (nSPS) is 15.5. The second kappa shape index (κ2) is 12.5. The number of benzene rings is 2. The van der Waals surface area contributed by atoms with Crippen LogP contribution in [0.1, 0.15) is 49.5 Å². The summed E-state index contributed by atoms with van der Waals surface area (Å²) >= 11 is 0. The average molecular weight is 439 g/mol. The van der Waals surface area contributed by atoms with Crippen molar-refractivity contribution >= 4 is 17.3 Å². The molecule has 1 aliphatic heterocycles. The van der Waals surface area contributed by atoms with E-state index in [9.17, 15) is 9.59 Å². The molecule has 0 radical (unpaired) electrons. The fraction of sp³-hybridized carbons (Fsp3) is 0.481. The van der Waals surface area contributed by atoms with Crippen LogP contribution in [-0.2, 0) is 16.0 Å². The summed E-state index contributed by atoms with van der Waals surface area (Å²) in [5, 5.41) is 0. The Labute approximate surface area is 193 Å². The third-order valence-electron chi connectivity index (χ3n) is 6.21. The summed E-state index contributed by atoms with van der Waals surface area (Å²) in [4.78, 5) is 27.8. The van der Waals surface area contributed by atoms with Crippen LogP contribution in [0.25, 0.3) is 0 Å². The van der Waals surface area contributed by atoms with E-state index in [1.165, 1.54) is 5.56 Å². The van der Waals surface area contributed by atoms with Crippen LogP contribution < -0.4 is 4.90 Å². The highest BCUT2D eigenvalue weighted by molar-refractivity contribution is 6.03. The molecule has 174 valence electrons. The van der Waals surface area contributed by atoms with E-state index in [-0.39, 0.29) is 11.6 Å². The lowest BCUT2D eigenvalue weighted by Gasteiger charge is -2.38. The maximum absolute atomic E-state index is 13.6. The standard InChI is InChI=1S/C23H30N2O2.C4H8O/c1-4-23(24(2)3,18-19-8-6-5-7-9-19)22(26)20-10-12-21(13-11-20)25-14-16-27-17-15-25;1-3-4(2)5/h5-13H,4,14-18H2,1-3H3;3H2,1-2H3. The van der Waals surface area contributed by atoms with Gasteiger partial charge in [-0.15, -0.1) is 0 Å². The quantitative estimate of drug-likeness (QED) is 0.562. The molecule has 0 aliphatic carbocycles. The molecule has 0 N–H and O–H groups in total. The third-order valence-corrected chi connectivity index (χ3v) is 6.21. The summed E-state index contributed by atoms with van der Waals surface area (Å²) in [6, 6.07) is 18.4. The van der Waals surface area contributed by atoms with Gasteiger partial charge in [-0.2, -0.15) is 0 Å². The van der Waals surface area contributed by atoms with Crippen molar-refractivity contribution in [1.29, 1.82) is 0 Å². The van der Waals surface area contributed by atoms with Crippen molar-refractivity contribution in [3.63, 3.8) is 0 Å². The van der Waals surface area contributed by atoms with Gasteiger partial charge >= 0.3 is 0 Å². The Balaban J connectivity index is 0.000000654. The molecule has 1 saturated heterocycles. The van der Waals surface area contributed by atoms with Gasteiger partial charge in [0.15, 0.2) is 5.78 Å². The number of hydrogen-bond donors (Lipinski definition) is 0. The Hall–Kier alpha value is -2.50. The van der Waals surface area contributed by atoms with E-state index in [0.717, 1.165) is 44.0 Å². The van der Waals surface area contributed by atoms with Gasteiger partial charge in [0, 0.05) is 30.8 Å². The Kier molecular flexibility index (Phi) is 10.1. The van der Waals surface area contributed by atoms with Crippen molar-refractivity contribution in [2.45, 2.75) is 45.6 Å². The zero-order valence-corrected chi connectivity index (χ0v) is 20.3. The molecule has 1 atom stereocenters. The zero-order chi connectivity index (χ0) is 23.6. The lowest BCUT2D eigenvalue weighted by atomic mass is 9.80. The summed E-state index contributed by atoms with van der Waals surface area (Å²) < 4.78 is 5.42. The highest BCUT2D eigenvalue weighted by Gasteiger charge is 2.39. The molecule has 2 aromatic rings. The molecule has 0 amide bonds. The van der Waals surface area contributed by atoms with Gasteiger partial charge in [-0.3, -0.25) is 9.69 Å². The van der Waals surface area contributed by atoms with E-state index in [2.05, 4.69) is 41.0 Å². The van der Waals surface area contributed by atoms with Gasteiger partial charge in [0.1, 0.15) is 5.78 Å². The van der Waals surface area contributed by atoms with Crippen LogP contribution in [0.4, 0.5) is 5.69 Å². The van der Waals surface area contributed by atoms with Crippen LogP contribution in [0.5, 0.6) is 0 Å². The Morgan fingerprint density at radius 2 is 1.53 bits per heavy atom. The first-order valence-corrected chi connectivity index (χ1v) is 11.5.